The largest absolute Gasteiger partial charge is 0.462 e. The molecule has 1 unspecified atom stereocenters. The van der Waals surface area contributed by atoms with Crippen molar-refractivity contribution in [3.05, 3.63) is 72.9 Å². The zero-order valence-electron chi connectivity index (χ0n) is 50.5. The Morgan fingerprint density at radius 3 is 0.882 bits per heavy atom. The van der Waals surface area contributed by atoms with Crippen LogP contribution in [-0.2, 0) is 28.6 Å². The van der Waals surface area contributed by atoms with E-state index in [0.29, 0.717) is 19.3 Å². The average molecular weight is 1060 g/mol. The molecule has 0 aromatic heterocycles. The van der Waals surface area contributed by atoms with E-state index in [4.69, 9.17) is 14.2 Å². The first kappa shape index (κ1) is 72.8. The van der Waals surface area contributed by atoms with Crippen molar-refractivity contribution in [3.8, 4) is 0 Å². The zero-order valence-corrected chi connectivity index (χ0v) is 50.5. The van der Waals surface area contributed by atoms with E-state index in [0.717, 1.165) is 70.6 Å². The van der Waals surface area contributed by atoms with Crippen molar-refractivity contribution in [2.75, 3.05) is 13.2 Å². The molecule has 0 heterocycles. The molecule has 0 bridgehead atoms. The maximum absolute atomic E-state index is 12.9. The predicted molar refractivity (Wildman–Crippen MR) is 330 cm³/mol. The Morgan fingerprint density at radius 2 is 0.539 bits per heavy atom. The molecule has 0 aromatic rings. The van der Waals surface area contributed by atoms with Gasteiger partial charge in [-0.15, -0.1) is 0 Å². The Labute approximate surface area is 472 Å². The van der Waals surface area contributed by atoms with Crippen molar-refractivity contribution in [2.24, 2.45) is 0 Å². The highest BCUT2D eigenvalue weighted by Crippen LogP contribution is 2.17. The van der Waals surface area contributed by atoms with Crippen molar-refractivity contribution in [1.82, 2.24) is 0 Å². The van der Waals surface area contributed by atoms with E-state index < -0.39 is 6.10 Å². The molecule has 0 saturated heterocycles. The molecule has 0 spiro atoms. The highest BCUT2D eigenvalue weighted by Gasteiger charge is 2.19. The van der Waals surface area contributed by atoms with Gasteiger partial charge in [-0.3, -0.25) is 14.4 Å². The number of allylic oxidation sites excluding steroid dienone is 12. The van der Waals surface area contributed by atoms with E-state index in [1.54, 1.807) is 0 Å². The van der Waals surface area contributed by atoms with Crippen LogP contribution in [0.25, 0.3) is 0 Å². The first-order valence-corrected chi connectivity index (χ1v) is 32.9. The summed E-state index contributed by atoms with van der Waals surface area (Å²) in [6.07, 6.45) is 83.8. The van der Waals surface area contributed by atoms with Crippen LogP contribution in [0.15, 0.2) is 72.9 Å². The van der Waals surface area contributed by atoms with Gasteiger partial charge in [0.25, 0.3) is 0 Å². The molecule has 0 aliphatic heterocycles. The highest BCUT2D eigenvalue weighted by molar-refractivity contribution is 5.71. The topological polar surface area (TPSA) is 78.9 Å². The number of hydrogen-bond acceptors (Lipinski definition) is 6. The first-order valence-electron chi connectivity index (χ1n) is 32.9. The zero-order chi connectivity index (χ0) is 55.0. The molecule has 0 radical (unpaired) electrons. The van der Waals surface area contributed by atoms with Crippen LogP contribution < -0.4 is 0 Å². The van der Waals surface area contributed by atoms with Gasteiger partial charge in [0.15, 0.2) is 6.10 Å². The van der Waals surface area contributed by atoms with Gasteiger partial charge in [-0.2, -0.15) is 0 Å². The van der Waals surface area contributed by atoms with Gasteiger partial charge in [0, 0.05) is 19.3 Å². The van der Waals surface area contributed by atoms with E-state index in [9.17, 15) is 14.4 Å². The number of unbranched alkanes of at least 4 members (excludes halogenated alkanes) is 37. The molecule has 76 heavy (non-hydrogen) atoms. The lowest BCUT2D eigenvalue weighted by Gasteiger charge is -2.18. The van der Waals surface area contributed by atoms with Crippen molar-refractivity contribution >= 4 is 17.9 Å². The fourth-order valence-electron chi connectivity index (χ4n) is 9.55. The van der Waals surface area contributed by atoms with Gasteiger partial charge in [-0.25, -0.2) is 0 Å². The van der Waals surface area contributed by atoms with Crippen LogP contribution in [0, 0.1) is 0 Å². The quantitative estimate of drug-likeness (QED) is 0.0261. The van der Waals surface area contributed by atoms with Crippen molar-refractivity contribution in [2.45, 2.75) is 341 Å². The summed E-state index contributed by atoms with van der Waals surface area (Å²) in [5.41, 5.74) is 0. The minimum absolute atomic E-state index is 0.0930. The normalized spacial score (nSPS) is 12.5. The minimum atomic E-state index is -0.801. The van der Waals surface area contributed by atoms with E-state index in [1.165, 1.54) is 218 Å². The first-order chi connectivity index (χ1) is 37.5. The molecular weight excluding hydrogens is 937 g/mol. The molecule has 0 amide bonds. The fraction of sp³-hybridized carbons (Fsp3) is 0.786. The summed E-state index contributed by atoms with van der Waals surface area (Å²) in [7, 11) is 0. The van der Waals surface area contributed by atoms with E-state index in [2.05, 4.69) is 87.6 Å². The lowest BCUT2D eigenvalue weighted by molar-refractivity contribution is -0.166. The van der Waals surface area contributed by atoms with Crippen LogP contribution in [0.2, 0.25) is 0 Å². The molecule has 6 nitrogen and oxygen atoms in total. The molecule has 0 rings (SSSR count). The van der Waals surface area contributed by atoms with Gasteiger partial charge in [0.05, 0.1) is 0 Å². The van der Waals surface area contributed by atoms with Crippen LogP contribution in [0.5, 0.6) is 0 Å². The molecule has 0 N–H and O–H groups in total. The number of rotatable bonds is 60. The molecule has 440 valence electrons. The highest BCUT2D eigenvalue weighted by atomic mass is 16.6. The Balaban J connectivity index is 4.16. The van der Waals surface area contributed by atoms with Gasteiger partial charge in [0.1, 0.15) is 13.2 Å². The van der Waals surface area contributed by atoms with Crippen LogP contribution >= 0.6 is 0 Å². The van der Waals surface area contributed by atoms with Gasteiger partial charge < -0.3 is 14.2 Å². The SMILES string of the molecule is CC/C=C\C/C=C\C/C=C\C/C=C\CCC(=O)OCC(COC(=O)CCCCCCCCCCCCCCCCCCCCC/C=C\C/C=C\CCCCCCC)OC(=O)CCCCCCCCCCCCCCCC. The minimum Gasteiger partial charge on any atom is -0.462 e. The molecule has 1 atom stereocenters. The second-order valence-electron chi connectivity index (χ2n) is 22.0. The van der Waals surface area contributed by atoms with Crippen LogP contribution in [0.3, 0.4) is 0 Å². The van der Waals surface area contributed by atoms with Gasteiger partial charge in [-0.05, 0) is 77.0 Å². The average Bonchev–Trinajstić information content (AvgIpc) is 3.42. The molecule has 0 saturated carbocycles. The number of hydrogen-bond donors (Lipinski definition) is 0. The maximum Gasteiger partial charge on any atom is 0.306 e. The van der Waals surface area contributed by atoms with Crippen molar-refractivity contribution in [1.29, 1.82) is 0 Å². The third kappa shape index (κ3) is 61.7. The van der Waals surface area contributed by atoms with E-state index >= 15 is 0 Å². The van der Waals surface area contributed by atoms with Gasteiger partial charge in [0.2, 0.25) is 0 Å². The standard InChI is InChI=1S/C70H124O6/c1-4-7-10-13-16-19-22-25-27-28-29-30-31-32-33-34-35-36-37-38-39-40-41-42-43-46-48-51-54-57-60-63-69(72)75-66-67(65-74-68(71)62-59-56-53-50-47-44-24-21-18-15-12-9-6-3)76-70(73)64-61-58-55-52-49-45-26-23-20-17-14-11-8-5-2/h9,12,18,21-22,25,28-29,44,47,53,56,67H,4-8,10-11,13-17,19-20,23-24,26-27,30-43,45-46,48-52,54-55,57-66H2,1-3H3/b12-9-,21-18-,25-22-,29-28-,47-44-,56-53-. The molecule has 0 aliphatic carbocycles. The number of carbonyl (C=O) groups is 3. The molecular formula is C70H124O6. The molecule has 0 aliphatic rings. The Hall–Kier alpha value is -3.15. The third-order valence-corrected chi connectivity index (χ3v) is 14.5. The Kier molecular flexibility index (Phi) is 61.7. The molecule has 6 heteroatoms. The third-order valence-electron chi connectivity index (χ3n) is 14.5. The summed E-state index contributed by atoms with van der Waals surface area (Å²) in [5.74, 6) is -0.962. The Morgan fingerprint density at radius 1 is 0.276 bits per heavy atom. The van der Waals surface area contributed by atoms with Crippen LogP contribution in [0.1, 0.15) is 335 Å². The van der Waals surface area contributed by atoms with E-state index in [1.807, 2.05) is 6.08 Å². The molecule has 0 aromatic carbocycles. The van der Waals surface area contributed by atoms with Crippen molar-refractivity contribution in [3.63, 3.8) is 0 Å². The predicted octanol–water partition coefficient (Wildman–Crippen LogP) is 22.5. The summed E-state index contributed by atoms with van der Waals surface area (Å²) >= 11 is 0. The van der Waals surface area contributed by atoms with Crippen molar-refractivity contribution < 1.29 is 28.6 Å². The summed E-state index contributed by atoms with van der Waals surface area (Å²) in [4.78, 5) is 38.2. The summed E-state index contributed by atoms with van der Waals surface area (Å²) in [6.45, 7) is 6.49. The van der Waals surface area contributed by atoms with E-state index in [-0.39, 0.29) is 37.5 Å². The lowest BCUT2D eigenvalue weighted by atomic mass is 10.0. The summed E-state index contributed by atoms with van der Waals surface area (Å²) in [5, 5.41) is 0. The number of ether oxygens (including phenoxy) is 3. The fourth-order valence-corrected chi connectivity index (χ4v) is 9.55. The maximum atomic E-state index is 12.9. The van der Waals surface area contributed by atoms with Gasteiger partial charge in [-0.1, -0.05) is 312 Å². The second kappa shape index (κ2) is 64.4. The monoisotopic (exact) mass is 1060 g/mol. The summed E-state index contributed by atoms with van der Waals surface area (Å²) in [6, 6.07) is 0. The Bertz CT molecular complexity index is 1400. The number of carbonyl (C=O) groups excluding carboxylic acids is 3. The lowest BCUT2D eigenvalue weighted by Crippen LogP contribution is -2.30. The van der Waals surface area contributed by atoms with Crippen LogP contribution in [0.4, 0.5) is 0 Å². The van der Waals surface area contributed by atoms with Gasteiger partial charge >= 0.3 is 17.9 Å². The molecule has 0 fully saturated rings. The second-order valence-corrected chi connectivity index (χ2v) is 22.0. The number of esters is 3. The smallest absolute Gasteiger partial charge is 0.306 e. The van der Waals surface area contributed by atoms with Crippen LogP contribution in [-0.4, -0.2) is 37.2 Å². The summed E-state index contributed by atoms with van der Waals surface area (Å²) < 4.78 is 16.8.